The Morgan fingerprint density at radius 2 is 1.68 bits per heavy atom. The molecule has 0 bridgehead atoms. The molecule has 4 heteroatoms. The lowest BCUT2D eigenvalue weighted by atomic mass is 10.0. The monoisotopic (exact) mass is 418 g/mol. The highest BCUT2D eigenvalue weighted by molar-refractivity contribution is 7.19. The van der Waals surface area contributed by atoms with E-state index in [0.29, 0.717) is 17.2 Å². The smallest absolute Gasteiger partial charge is 0.135 e. The number of thiazole rings is 1. The average molecular weight is 419 g/mol. The molecule has 0 amide bonds. The van der Waals surface area contributed by atoms with Gasteiger partial charge in [-0.2, -0.15) is 5.26 Å². The molecule has 0 saturated heterocycles. The van der Waals surface area contributed by atoms with Gasteiger partial charge in [-0.15, -0.1) is 11.3 Å². The van der Waals surface area contributed by atoms with E-state index in [4.69, 9.17) is 4.74 Å². The van der Waals surface area contributed by atoms with Crippen molar-refractivity contribution in [1.82, 2.24) is 4.98 Å². The SMILES string of the molecule is N#CC(=Cc1c(OCc2ccccc2)ccc2ccccc12)c1nc2ccccc2s1. The van der Waals surface area contributed by atoms with E-state index in [2.05, 4.69) is 29.3 Å². The summed E-state index contributed by atoms with van der Waals surface area (Å²) in [6, 6.07) is 32.5. The van der Waals surface area contributed by atoms with Gasteiger partial charge in [-0.25, -0.2) is 4.98 Å². The molecule has 3 nitrogen and oxygen atoms in total. The molecule has 0 unspecified atom stereocenters. The summed E-state index contributed by atoms with van der Waals surface area (Å²) in [4.78, 5) is 4.67. The molecule has 1 heterocycles. The van der Waals surface area contributed by atoms with E-state index in [0.717, 1.165) is 37.9 Å². The fourth-order valence-electron chi connectivity index (χ4n) is 3.56. The number of nitriles is 1. The molecular weight excluding hydrogens is 400 g/mol. The summed E-state index contributed by atoms with van der Waals surface area (Å²) in [6.45, 7) is 0.461. The van der Waals surface area contributed by atoms with Gasteiger partial charge in [0.15, 0.2) is 0 Å². The minimum Gasteiger partial charge on any atom is -0.488 e. The van der Waals surface area contributed by atoms with E-state index in [1.165, 1.54) is 11.3 Å². The third kappa shape index (κ3) is 3.92. The predicted octanol–water partition coefficient (Wildman–Crippen LogP) is 7.09. The van der Waals surface area contributed by atoms with Gasteiger partial charge in [-0.05, 0) is 40.6 Å². The van der Waals surface area contributed by atoms with Crippen LogP contribution in [0.3, 0.4) is 0 Å². The Morgan fingerprint density at radius 1 is 0.903 bits per heavy atom. The minimum atomic E-state index is 0.461. The number of para-hydroxylation sites is 1. The fraction of sp³-hybridized carbons (Fsp3) is 0.0370. The first-order chi connectivity index (χ1) is 15.3. The summed E-state index contributed by atoms with van der Waals surface area (Å²) in [5.41, 5.74) is 3.42. The highest BCUT2D eigenvalue weighted by atomic mass is 32.1. The Labute approximate surface area is 184 Å². The van der Waals surface area contributed by atoms with Gasteiger partial charge in [0.25, 0.3) is 0 Å². The second-order valence-corrected chi connectivity index (χ2v) is 8.16. The lowest BCUT2D eigenvalue weighted by Gasteiger charge is -2.12. The standard InChI is InChI=1S/C27H18N2OS/c28-17-21(27-29-24-12-6-7-13-26(24)31-27)16-23-22-11-5-4-10-20(22)14-15-25(23)30-18-19-8-2-1-3-9-19/h1-16H,18H2. The fourth-order valence-corrected chi connectivity index (χ4v) is 4.49. The number of rotatable bonds is 5. The van der Waals surface area contributed by atoms with E-state index in [1.54, 1.807) is 0 Å². The molecule has 148 valence electrons. The molecule has 1 aromatic heterocycles. The number of benzene rings is 4. The quantitative estimate of drug-likeness (QED) is 0.286. The van der Waals surface area contributed by atoms with Crippen LogP contribution in [0.5, 0.6) is 5.75 Å². The van der Waals surface area contributed by atoms with Crippen LogP contribution in [0.4, 0.5) is 0 Å². The van der Waals surface area contributed by atoms with Crippen LogP contribution < -0.4 is 4.74 Å². The van der Waals surface area contributed by atoms with Gasteiger partial charge in [0.05, 0.1) is 15.8 Å². The number of hydrogen-bond acceptors (Lipinski definition) is 4. The summed E-state index contributed by atoms with van der Waals surface area (Å²) in [5, 5.41) is 12.8. The van der Waals surface area contributed by atoms with E-state index in [9.17, 15) is 5.26 Å². The molecule has 31 heavy (non-hydrogen) atoms. The van der Waals surface area contributed by atoms with E-state index < -0.39 is 0 Å². The maximum absolute atomic E-state index is 9.94. The molecule has 0 atom stereocenters. The van der Waals surface area contributed by atoms with Crippen LogP contribution in [0, 0.1) is 11.3 Å². The predicted molar refractivity (Wildman–Crippen MR) is 128 cm³/mol. The lowest BCUT2D eigenvalue weighted by molar-refractivity contribution is 0.306. The highest BCUT2D eigenvalue weighted by Gasteiger charge is 2.13. The van der Waals surface area contributed by atoms with Gasteiger partial charge in [0.1, 0.15) is 23.4 Å². The molecule has 0 radical (unpaired) electrons. The normalized spacial score (nSPS) is 11.5. The Morgan fingerprint density at radius 3 is 2.52 bits per heavy atom. The minimum absolute atomic E-state index is 0.461. The van der Waals surface area contributed by atoms with Crippen molar-refractivity contribution in [2.24, 2.45) is 0 Å². The Bertz CT molecular complexity index is 1410. The maximum Gasteiger partial charge on any atom is 0.135 e. The second-order valence-electron chi connectivity index (χ2n) is 7.13. The number of ether oxygens (including phenoxy) is 1. The summed E-state index contributed by atoms with van der Waals surface area (Å²) >= 11 is 1.53. The molecule has 0 fully saturated rings. The van der Waals surface area contributed by atoms with Crippen LogP contribution in [-0.4, -0.2) is 4.98 Å². The highest BCUT2D eigenvalue weighted by Crippen LogP contribution is 2.34. The van der Waals surface area contributed by atoms with Gasteiger partial charge in [0.2, 0.25) is 0 Å². The first-order valence-electron chi connectivity index (χ1n) is 9.98. The molecule has 0 spiro atoms. The zero-order valence-corrected chi connectivity index (χ0v) is 17.5. The lowest BCUT2D eigenvalue weighted by Crippen LogP contribution is -1.97. The van der Waals surface area contributed by atoms with Gasteiger partial charge >= 0.3 is 0 Å². The largest absolute Gasteiger partial charge is 0.488 e. The molecule has 0 aliphatic rings. The van der Waals surface area contributed by atoms with Crippen molar-refractivity contribution in [2.45, 2.75) is 6.61 Å². The zero-order chi connectivity index (χ0) is 21.0. The van der Waals surface area contributed by atoms with Crippen LogP contribution in [0.25, 0.3) is 32.6 Å². The molecular formula is C27H18N2OS. The van der Waals surface area contributed by atoms with Crippen molar-refractivity contribution in [3.05, 3.63) is 107 Å². The van der Waals surface area contributed by atoms with Gasteiger partial charge < -0.3 is 4.74 Å². The van der Waals surface area contributed by atoms with Crippen LogP contribution in [-0.2, 0) is 6.61 Å². The summed E-state index contributed by atoms with van der Waals surface area (Å²) < 4.78 is 7.27. The van der Waals surface area contributed by atoms with Crippen LogP contribution >= 0.6 is 11.3 Å². The molecule has 0 aliphatic heterocycles. The van der Waals surface area contributed by atoms with Gasteiger partial charge in [-0.3, -0.25) is 0 Å². The van der Waals surface area contributed by atoms with E-state index in [-0.39, 0.29) is 0 Å². The van der Waals surface area contributed by atoms with Crippen LogP contribution in [0.1, 0.15) is 16.1 Å². The topological polar surface area (TPSA) is 45.9 Å². The van der Waals surface area contributed by atoms with Gasteiger partial charge in [0, 0.05) is 5.56 Å². The van der Waals surface area contributed by atoms with E-state index >= 15 is 0 Å². The van der Waals surface area contributed by atoms with Crippen molar-refractivity contribution >= 4 is 44.0 Å². The number of allylic oxidation sites excluding steroid dienone is 1. The van der Waals surface area contributed by atoms with Crippen molar-refractivity contribution in [2.75, 3.05) is 0 Å². The maximum atomic E-state index is 9.94. The Kier molecular flexibility index (Phi) is 5.18. The Balaban J connectivity index is 1.61. The number of nitrogens with zero attached hydrogens (tertiary/aromatic N) is 2. The average Bonchev–Trinajstić information content (AvgIpc) is 3.26. The summed E-state index contributed by atoms with van der Waals surface area (Å²) in [7, 11) is 0. The molecule has 5 rings (SSSR count). The number of fused-ring (bicyclic) bond motifs is 2. The van der Waals surface area contributed by atoms with E-state index in [1.807, 2.05) is 78.9 Å². The molecule has 0 aliphatic carbocycles. The molecule has 5 aromatic rings. The third-order valence-electron chi connectivity index (χ3n) is 5.10. The first-order valence-corrected chi connectivity index (χ1v) is 10.8. The number of hydrogen-bond donors (Lipinski definition) is 0. The zero-order valence-electron chi connectivity index (χ0n) is 16.7. The van der Waals surface area contributed by atoms with Crippen molar-refractivity contribution in [3.63, 3.8) is 0 Å². The molecule has 4 aromatic carbocycles. The molecule has 0 saturated carbocycles. The summed E-state index contributed by atoms with van der Waals surface area (Å²) in [6.07, 6.45) is 1.90. The second kappa shape index (κ2) is 8.43. The summed E-state index contributed by atoms with van der Waals surface area (Å²) in [5.74, 6) is 0.747. The van der Waals surface area contributed by atoms with Crippen molar-refractivity contribution in [3.8, 4) is 11.8 Å². The van der Waals surface area contributed by atoms with Gasteiger partial charge in [-0.1, -0.05) is 72.8 Å². The van der Waals surface area contributed by atoms with Crippen LogP contribution in [0.2, 0.25) is 0 Å². The van der Waals surface area contributed by atoms with Crippen molar-refractivity contribution in [1.29, 1.82) is 5.26 Å². The molecule has 0 N–H and O–H groups in total. The van der Waals surface area contributed by atoms with Crippen LogP contribution in [0.15, 0.2) is 91.0 Å². The van der Waals surface area contributed by atoms with Crippen molar-refractivity contribution < 1.29 is 4.74 Å². The third-order valence-corrected chi connectivity index (χ3v) is 6.17. The Hall–Kier alpha value is -3.94. The first kappa shape index (κ1) is 19.0. The number of aromatic nitrogens is 1.